The Hall–Kier alpha value is -2.77. The van der Waals surface area contributed by atoms with Crippen molar-refractivity contribution in [3.05, 3.63) is 57.9 Å². The lowest BCUT2D eigenvalue weighted by atomic mass is 10.2. The molecular weight excluding hydrogens is 532 g/mol. The summed E-state index contributed by atoms with van der Waals surface area (Å²) in [5.41, 5.74) is -0.235. The van der Waals surface area contributed by atoms with Crippen LogP contribution in [0.1, 0.15) is 53.7 Å². The number of hydrogen-bond acceptors (Lipinski definition) is 7. The number of nitrogens with one attached hydrogen (secondary N) is 1. The van der Waals surface area contributed by atoms with Crippen LogP contribution in [0.5, 0.6) is 0 Å². The van der Waals surface area contributed by atoms with E-state index in [1.54, 1.807) is 6.92 Å². The molecule has 15 heteroatoms. The first-order chi connectivity index (χ1) is 16.3. The highest BCUT2D eigenvalue weighted by Gasteiger charge is 2.36. The van der Waals surface area contributed by atoms with Crippen LogP contribution >= 0.6 is 23.2 Å². The molecule has 9 nitrogen and oxygen atoms in total. The van der Waals surface area contributed by atoms with Crippen molar-refractivity contribution >= 4 is 38.9 Å². The maximum absolute atomic E-state index is 12.9. The van der Waals surface area contributed by atoms with E-state index in [0.717, 1.165) is 31.0 Å². The van der Waals surface area contributed by atoms with Gasteiger partial charge in [0.05, 0.1) is 28.4 Å². The second-order valence-electron chi connectivity index (χ2n) is 7.96. The third-order valence-electron chi connectivity index (χ3n) is 4.97. The van der Waals surface area contributed by atoms with Gasteiger partial charge in [0.25, 0.3) is 11.9 Å². The Bertz CT molecular complexity index is 1380. The van der Waals surface area contributed by atoms with Gasteiger partial charge in [-0.05, 0) is 38.0 Å². The first kappa shape index (κ1) is 25.3. The van der Waals surface area contributed by atoms with E-state index >= 15 is 0 Å². The van der Waals surface area contributed by atoms with Crippen LogP contribution in [0.15, 0.2) is 35.5 Å². The zero-order valence-corrected chi connectivity index (χ0v) is 20.3. The molecule has 4 rings (SSSR count). The second kappa shape index (κ2) is 9.36. The Labute approximate surface area is 207 Å². The minimum absolute atomic E-state index is 0.174. The molecule has 1 aromatic carbocycles. The van der Waals surface area contributed by atoms with Gasteiger partial charge in [0.2, 0.25) is 0 Å². The lowest BCUT2D eigenvalue weighted by molar-refractivity contribution is -0.106. The fourth-order valence-electron chi connectivity index (χ4n) is 3.21. The van der Waals surface area contributed by atoms with E-state index in [-0.39, 0.29) is 22.5 Å². The predicted molar refractivity (Wildman–Crippen MR) is 119 cm³/mol. The van der Waals surface area contributed by atoms with E-state index in [1.807, 2.05) is 0 Å². The summed E-state index contributed by atoms with van der Waals surface area (Å²) >= 11 is 11.8. The van der Waals surface area contributed by atoms with Gasteiger partial charge < -0.3 is 5.32 Å². The molecule has 3 aromatic rings. The first-order valence-corrected chi connectivity index (χ1v) is 12.6. The van der Waals surface area contributed by atoms with Gasteiger partial charge in [-0.3, -0.25) is 4.79 Å². The molecule has 2 aromatic heterocycles. The number of aromatic nitrogens is 5. The Morgan fingerprint density at radius 1 is 1.17 bits per heavy atom. The number of hydrogen-bond donors (Lipinski definition) is 1. The molecule has 0 bridgehead atoms. The predicted octanol–water partition coefficient (Wildman–Crippen LogP) is 4.07. The molecule has 0 radical (unpaired) electrons. The third-order valence-corrected chi connectivity index (χ3v) is 7.04. The van der Waals surface area contributed by atoms with Gasteiger partial charge in [-0.2, -0.15) is 17.9 Å². The lowest BCUT2D eigenvalue weighted by Gasteiger charge is -2.15. The minimum Gasteiger partial charge on any atom is -0.342 e. The van der Waals surface area contributed by atoms with Crippen molar-refractivity contribution in [3.63, 3.8) is 0 Å². The van der Waals surface area contributed by atoms with E-state index in [9.17, 15) is 26.4 Å². The fourth-order valence-corrected chi connectivity index (χ4v) is 4.82. The van der Waals surface area contributed by atoms with E-state index in [2.05, 4.69) is 25.4 Å². The van der Waals surface area contributed by atoms with Crippen LogP contribution in [0.3, 0.4) is 0 Å². The van der Waals surface area contributed by atoms with Crippen LogP contribution in [-0.2, 0) is 9.84 Å². The van der Waals surface area contributed by atoms with Crippen molar-refractivity contribution in [2.24, 2.45) is 0 Å². The summed E-state index contributed by atoms with van der Waals surface area (Å²) in [7, 11) is -4.77. The number of amides is 1. The summed E-state index contributed by atoms with van der Waals surface area (Å²) in [6.45, 7) is 1.61. The Kier molecular flexibility index (Phi) is 6.77. The Morgan fingerprint density at radius 2 is 1.83 bits per heavy atom. The largest absolute Gasteiger partial charge is 0.403 e. The summed E-state index contributed by atoms with van der Waals surface area (Å²) < 4.78 is 63.8. The average molecular weight is 549 g/mol. The molecule has 1 aliphatic rings. The number of carbonyl (C=O) groups is 1. The zero-order chi connectivity index (χ0) is 25.5. The molecule has 1 atom stereocenters. The monoisotopic (exact) mass is 548 g/mol. The van der Waals surface area contributed by atoms with Gasteiger partial charge in [-0.15, -0.1) is 5.10 Å². The van der Waals surface area contributed by atoms with Crippen LogP contribution in [0, 0.1) is 0 Å². The van der Waals surface area contributed by atoms with Crippen molar-refractivity contribution in [1.29, 1.82) is 0 Å². The molecule has 1 saturated carbocycles. The number of sulfone groups is 1. The zero-order valence-electron chi connectivity index (χ0n) is 17.9. The van der Waals surface area contributed by atoms with E-state index < -0.39 is 38.6 Å². The Balaban J connectivity index is 1.62. The Morgan fingerprint density at radius 3 is 2.43 bits per heavy atom. The van der Waals surface area contributed by atoms with Gasteiger partial charge in [-0.25, -0.2) is 23.4 Å². The number of nitrogens with zero attached hydrogens (tertiary/aromatic N) is 5. The number of rotatable bonds is 7. The van der Waals surface area contributed by atoms with Crippen LogP contribution < -0.4 is 5.32 Å². The molecule has 1 N–H and O–H groups in total. The number of halogens is 5. The highest BCUT2D eigenvalue weighted by atomic mass is 35.5. The minimum atomic E-state index is -4.95. The van der Waals surface area contributed by atoms with Crippen molar-refractivity contribution in [2.45, 2.75) is 42.8 Å². The summed E-state index contributed by atoms with van der Waals surface area (Å²) in [6, 6.07) is 2.09. The van der Waals surface area contributed by atoms with Gasteiger partial charge in [0, 0.05) is 16.5 Å². The van der Waals surface area contributed by atoms with Crippen molar-refractivity contribution in [2.75, 3.05) is 5.75 Å². The molecule has 1 fully saturated rings. The number of benzene rings is 1. The summed E-state index contributed by atoms with van der Waals surface area (Å²) in [4.78, 5) is 25.0. The quantitative estimate of drug-likeness (QED) is 0.472. The second-order valence-corrected chi connectivity index (χ2v) is 10.8. The van der Waals surface area contributed by atoms with Crippen LogP contribution in [0.2, 0.25) is 10.0 Å². The fraction of sp³-hybridized carbons (Fsp3) is 0.350. The van der Waals surface area contributed by atoms with E-state index in [1.165, 1.54) is 17.1 Å². The maximum atomic E-state index is 12.9. The van der Waals surface area contributed by atoms with E-state index in [4.69, 9.17) is 23.2 Å². The molecule has 2 heterocycles. The van der Waals surface area contributed by atoms with Crippen molar-refractivity contribution in [3.8, 4) is 5.95 Å². The maximum Gasteiger partial charge on any atom is 0.403 e. The highest BCUT2D eigenvalue weighted by Crippen LogP contribution is 2.38. The topological polar surface area (TPSA) is 120 Å². The van der Waals surface area contributed by atoms with Gasteiger partial charge >= 0.3 is 6.18 Å². The molecular formula is C20H17Cl2F3N6O3S. The van der Waals surface area contributed by atoms with E-state index in [0.29, 0.717) is 16.7 Å². The molecule has 0 saturated heterocycles. The van der Waals surface area contributed by atoms with Crippen LogP contribution in [0.25, 0.3) is 5.95 Å². The van der Waals surface area contributed by atoms with Gasteiger partial charge in [0.1, 0.15) is 0 Å². The molecule has 0 spiro atoms. The normalized spacial score (nSPS) is 15.1. The summed E-state index contributed by atoms with van der Waals surface area (Å²) in [5, 5.41) is 7.20. The number of carbonyl (C=O) groups excluding carboxylic acids is 1. The van der Waals surface area contributed by atoms with Crippen LogP contribution in [0.4, 0.5) is 13.2 Å². The number of alkyl halides is 3. The molecule has 0 unspecified atom stereocenters. The molecule has 0 aliphatic heterocycles. The molecule has 186 valence electrons. The highest BCUT2D eigenvalue weighted by molar-refractivity contribution is 7.91. The molecule has 1 aliphatic carbocycles. The van der Waals surface area contributed by atoms with Crippen molar-refractivity contribution < 1.29 is 26.4 Å². The van der Waals surface area contributed by atoms with Crippen LogP contribution in [-0.4, -0.2) is 51.0 Å². The van der Waals surface area contributed by atoms with Gasteiger partial charge in [-0.1, -0.05) is 23.2 Å². The third kappa shape index (κ3) is 6.08. The molecule has 35 heavy (non-hydrogen) atoms. The summed E-state index contributed by atoms with van der Waals surface area (Å²) in [6.07, 6.45) is -0.355. The lowest BCUT2D eigenvalue weighted by Crippen LogP contribution is -2.29. The van der Waals surface area contributed by atoms with Gasteiger partial charge in [0.15, 0.2) is 27.2 Å². The standard InChI is InChI=1S/C20H17Cl2F3N6O3S/c1-10(17-29-16(11-2-3-11)30-31(17)19-26-7-14(22)8-27-19)28-18(32)12-4-13(21)6-15(5-12)35(33,34)9-20(23,24)25/h4-8,10-11H,2-3,9H2,1H3,(H,28,32)/t10-/m0/s1. The van der Waals surface area contributed by atoms with Crippen molar-refractivity contribution in [1.82, 2.24) is 30.0 Å². The SMILES string of the molecule is C[C@H](NC(=O)c1cc(Cl)cc(S(=O)(=O)CC(F)(F)F)c1)c1nc(C2CC2)nn1-c1ncc(Cl)cn1. The summed E-state index contributed by atoms with van der Waals surface area (Å²) in [5.74, 6) is -1.64. The molecule has 1 amide bonds. The smallest absolute Gasteiger partial charge is 0.342 e. The average Bonchev–Trinajstić information content (AvgIpc) is 3.50. The first-order valence-electron chi connectivity index (χ1n) is 10.2.